The summed E-state index contributed by atoms with van der Waals surface area (Å²) >= 11 is 3.39. The van der Waals surface area contributed by atoms with E-state index in [4.69, 9.17) is 4.98 Å². The van der Waals surface area contributed by atoms with Gasteiger partial charge >= 0.3 is 0 Å². The molecule has 0 unspecified atom stereocenters. The van der Waals surface area contributed by atoms with Crippen molar-refractivity contribution in [1.82, 2.24) is 14.9 Å². The molecule has 0 saturated carbocycles. The molecule has 124 valence electrons. The quantitative estimate of drug-likeness (QED) is 0.691. The summed E-state index contributed by atoms with van der Waals surface area (Å²) in [7, 11) is 0. The van der Waals surface area contributed by atoms with Crippen LogP contribution in [0.25, 0.3) is 11.0 Å². The molecule has 2 aromatic carbocycles. The Balaban J connectivity index is 1.69. The standard InChI is InChI=1S/C19H20BrN3O/c1-2-12-23-17-9-4-3-8-16(17)22-18(23)10-11-21-19(24)14-6-5-7-15(20)13-14/h3-9,13H,2,10-12H2,1H3,(H,21,24). The zero-order chi connectivity index (χ0) is 16.9. The second-order valence-corrected chi connectivity index (χ2v) is 6.60. The molecule has 1 N–H and O–H groups in total. The topological polar surface area (TPSA) is 46.9 Å². The van der Waals surface area contributed by atoms with Crippen LogP contribution in [0.5, 0.6) is 0 Å². The number of amides is 1. The van der Waals surface area contributed by atoms with Crippen molar-refractivity contribution in [2.45, 2.75) is 26.3 Å². The number of nitrogens with zero attached hydrogens (tertiary/aromatic N) is 2. The van der Waals surface area contributed by atoms with Crippen LogP contribution in [0.3, 0.4) is 0 Å². The van der Waals surface area contributed by atoms with E-state index in [0.29, 0.717) is 18.5 Å². The number of halogens is 1. The first-order chi connectivity index (χ1) is 11.7. The van der Waals surface area contributed by atoms with Gasteiger partial charge in [-0.25, -0.2) is 4.98 Å². The lowest BCUT2D eigenvalue weighted by Gasteiger charge is -2.09. The average Bonchev–Trinajstić information content (AvgIpc) is 2.93. The van der Waals surface area contributed by atoms with Crippen LogP contribution >= 0.6 is 15.9 Å². The molecule has 5 heteroatoms. The van der Waals surface area contributed by atoms with Crippen LogP contribution in [0.1, 0.15) is 29.5 Å². The highest BCUT2D eigenvalue weighted by Crippen LogP contribution is 2.17. The molecule has 0 spiro atoms. The number of benzene rings is 2. The van der Waals surface area contributed by atoms with Gasteiger partial charge in [-0.2, -0.15) is 0 Å². The van der Waals surface area contributed by atoms with E-state index in [2.05, 4.69) is 38.8 Å². The third kappa shape index (κ3) is 3.67. The Bertz CT molecular complexity index is 857. The molecule has 0 aliphatic carbocycles. The van der Waals surface area contributed by atoms with E-state index in [-0.39, 0.29) is 5.91 Å². The van der Waals surface area contributed by atoms with E-state index in [9.17, 15) is 4.79 Å². The Hall–Kier alpha value is -2.14. The smallest absolute Gasteiger partial charge is 0.251 e. The number of aryl methyl sites for hydroxylation is 1. The Morgan fingerprint density at radius 3 is 2.83 bits per heavy atom. The van der Waals surface area contributed by atoms with Gasteiger partial charge in [0.2, 0.25) is 0 Å². The summed E-state index contributed by atoms with van der Waals surface area (Å²) in [5, 5.41) is 2.98. The van der Waals surface area contributed by atoms with E-state index in [1.807, 2.05) is 42.5 Å². The lowest BCUT2D eigenvalue weighted by atomic mass is 10.2. The first-order valence-corrected chi connectivity index (χ1v) is 8.96. The number of hydrogen-bond donors (Lipinski definition) is 1. The molecular weight excluding hydrogens is 366 g/mol. The summed E-state index contributed by atoms with van der Waals surface area (Å²) in [5.74, 6) is 0.960. The van der Waals surface area contributed by atoms with Gasteiger partial charge < -0.3 is 9.88 Å². The monoisotopic (exact) mass is 385 g/mol. The number of imidazole rings is 1. The lowest BCUT2D eigenvalue weighted by molar-refractivity contribution is 0.0954. The van der Waals surface area contributed by atoms with Gasteiger partial charge in [0.15, 0.2) is 0 Å². The molecule has 0 saturated heterocycles. The Kier molecular flexibility index (Phi) is 5.30. The third-order valence-corrected chi connectivity index (χ3v) is 4.40. The van der Waals surface area contributed by atoms with E-state index < -0.39 is 0 Å². The van der Waals surface area contributed by atoms with Crippen molar-refractivity contribution < 1.29 is 4.79 Å². The molecule has 0 aliphatic heterocycles. The highest BCUT2D eigenvalue weighted by atomic mass is 79.9. The molecular formula is C19H20BrN3O. The Morgan fingerprint density at radius 1 is 1.21 bits per heavy atom. The molecule has 0 aliphatic rings. The van der Waals surface area contributed by atoms with Crippen LogP contribution in [-0.4, -0.2) is 22.0 Å². The average molecular weight is 386 g/mol. The van der Waals surface area contributed by atoms with Crippen molar-refractivity contribution >= 4 is 32.9 Å². The third-order valence-electron chi connectivity index (χ3n) is 3.90. The number of fused-ring (bicyclic) bond motifs is 1. The maximum Gasteiger partial charge on any atom is 0.251 e. The predicted molar refractivity (Wildman–Crippen MR) is 100 cm³/mol. The molecule has 3 aromatic rings. The van der Waals surface area contributed by atoms with Gasteiger partial charge in [-0.15, -0.1) is 0 Å². The fourth-order valence-corrected chi connectivity index (χ4v) is 3.21. The van der Waals surface area contributed by atoms with Crippen LogP contribution in [0, 0.1) is 0 Å². The van der Waals surface area contributed by atoms with Gasteiger partial charge in [-0.05, 0) is 36.8 Å². The Morgan fingerprint density at radius 2 is 2.04 bits per heavy atom. The number of hydrogen-bond acceptors (Lipinski definition) is 2. The molecule has 24 heavy (non-hydrogen) atoms. The van der Waals surface area contributed by atoms with Gasteiger partial charge in [-0.3, -0.25) is 4.79 Å². The summed E-state index contributed by atoms with van der Waals surface area (Å²) in [6.07, 6.45) is 1.77. The zero-order valence-electron chi connectivity index (χ0n) is 13.6. The number of nitrogens with one attached hydrogen (secondary N) is 1. The van der Waals surface area contributed by atoms with Gasteiger partial charge in [-0.1, -0.05) is 41.1 Å². The normalized spacial score (nSPS) is 10.9. The van der Waals surface area contributed by atoms with Crippen molar-refractivity contribution in [1.29, 1.82) is 0 Å². The minimum Gasteiger partial charge on any atom is -0.352 e. The minimum atomic E-state index is -0.0607. The molecule has 3 rings (SSSR count). The van der Waals surface area contributed by atoms with E-state index in [1.54, 1.807) is 0 Å². The number of carbonyl (C=O) groups is 1. The number of para-hydroxylation sites is 2. The van der Waals surface area contributed by atoms with Crippen LogP contribution in [-0.2, 0) is 13.0 Å². The molecule has 1 aromatic heterocycles. The highest BCUT2D eigenvalue weighted by molar-refractivity contribution is 9.10. The fourth-order valence-electron chi connectivity index (χ4n) is 2.81. The molecule has 0 radical (unpaired) electrons. The van der Waals surface area contributed by atoms with Crippen molar-refractivity contribution in [2.75, 3.05) is 6.54 Å². The first-order valence-electron chi connectivity index (χ1n) is 8.17. The van der Waals surface area contributed by atoms with Crippen LogP contribution < -0.4 is 5.32 Å². The number of aromatic nitrogens is 2. The van der Waals surface area contributed by atoms with E-state index in [1.165, 1.54) is 0 Å². The van der Waals surface area contributed by atoms with Crippen molar-refractivity contribution in [2.24, 2.45) is 0 Å². The number of rotatable bonds is 6. The van der Waals surface area contributed by atoms with Crippen LogP contribution in [0.4, 0.5) is 0 Å². The first kappa shape index (κ1) is 16.7. The second-order valence-electron chi connectivity index (χ2n) is 5.68. The molecule has 1 amide bonds. The second kappa shape index (κ2) is 7.62. The van der Waals surface area contributed by atoms with Gasteiger partial charge in [0.05, 0.1) is 11.0 Å². The van der Waals surface area contributed by atoms with Crippen LogP contribution in [0.15, 0.2) is 53.0 Å². The van der Waals surface area contributed by atoms with Crippen molar-refractivity contribution in [3.63, 3.8) is 0 Å². The fraction of sp³-hybridized carbons (Fsp3) is 0.263. The van der Waals surface area contributed by atoms with Crippen molar-refractivity contribution in [3.8, 4) is 0 Å². The summed E-state index contributed by atoms with van der Waals surface area (Å²) in [6.45, 7) is 3.67. The predicted octanol–water partition coefficient (Wildman–Crippen LogP) is 4.18. The highest BCUT2D eigenvalue weighted by Gasteiger charge is 2.11. The summed E-state index contributed by atoms with van der Waals surface area (Å²) < 4.78 is 3.15. The molecule has 4 nitrogen and oxygen atoms in total. The largest absolute Gasteiger partial charge is 0.352 e. The maximum absolute atomic E-state index is 12.2. The molecule has 0 bridgehead atoms. The summed E-state index contributed by atoms with van der Waals surface area (Å²) in [5.41, 5.74) is 2.83. The van der Waals surface area contributed by atoms with Crippen molar-refractivity contribution in [3.05, 3.63) is 64.4 Å². The van der Waals surface area contributed by atoms with Crippen LogP contribution in [0.2, 0.25) is 0 Å². The molecule has 1 heterocycles. The van der Waals surface area contributed by atoms with Gasteiger partial charge in [0, 0.05) is 29.5 Å². The zero-order valence-corrected chi connectivity index (χ0v) is 15.2. The summed E-state index contributed by atoms with van der Waals surface area (Å²) in [4.78, 5) is 16.9. The van der Waals surface area contributed by atoms with E-state index >= 15 is 0 Å². The number of carbonyl (C=O) groups excluding carboxylic acids is 1. The SMILES string of the molecule is CCCn1c(CCNC(=O)c2cccc(Br)c2)nc2ccccc21. The molecule has 0 fully saturated rings. The lowest BCUT2D eigenvalue weighted by Crippen LogP contribution is -2.26. The maximum atomic E-state index is 12.2. The Labute approximate surface area is 150 Å². The minimum absolute atomic E-state index is 0.0607. The summed E-state index contributed by atoms with van der Waals surface area (Å²) in [6, 6.07) is 15.6. The van der Waals surface area contributed by atoms with E-state index in [0.717, 1.165) is 34.3 Å². The van der Waals surface area contributed by atoms with Gasteiger partial charge in [0.1, 0.15) is 5.82 Å². The van der Waals surface area contributed by atoms with Gasteiger partial charge in [0.25, 0.3) is 5.91 Å². The molecule has 0 atom stereocenters.